The standard InChI is InChI=1S/C23H29FO7/c1-13-8-9-22(28)19(2)12-29-18-17(26)21(13,22)11-23(31-18,20(19,3)27)30-16(25)10-14-4-6-15(24)7-5-14/h4-7,13,17-18,26-28H,8-12H2,1-3H3/t13-,17+,18?,19+,20-,21-,22+,23-/m1/s1. The normalized spacial score (nSPS) is 50.2. The molecule has 2 aliphatic carbocycles. The summed E-state index contributed by atoms with van der Waals surface area (Å²) in [6.45, 7) is 5.13. The van der Waals surface area contributed by atoms with Gasteiger partial charge in [0.25, 0.3) is 0 Å². The Morgan fingerprint density at radius 2 is 1.94 bits per heavy atom. The molecule has 3 heterocycles. The lowest BCUT2D eigenvalue weighted by atomic mass is 9.43. The first-order valence-electron chi connectivity index (χ1n) is 10.8. The van der Waals surface area contributed by atoms with Crippen LogP contribution in [-0.2, 0) is 25.4 Å². The Morgan fingerprint density at radius 1 is 1.26 bits per heavy atom. The number of carbonyl (C=O) groups is 1. The van der Waals surface area contributed by atoms with Gasteiger partial charge in [0.2, 0.25) is 5.79 Å². The first kappa shape index (κ1) is 21.3. The van der Waals surface area contributed by atoms with Crippen LogP contribution in [0, 0.1) is 22.6 Å². The molecule has 5 fully saturated rings. The average Bonchev–Trinajstić information content (AvgIpc) is 2.91. The molecule has 0 radical (unpaired) electrons. The Hall–Kier alpha value is -1.58. The Kier molecular flexibility index (Phi) is 4.30. The van der Waals surface area contributed by atoms with Gasteiger partial charge in [0, 0.05) is 11.8 Å². The largest absolute Gasteiger partial charge is 0.429 e. The molecule has 2 saturated carbocycles. The molecule has 7 nitrogen and oxygen atoms in total. The fraction of sp³-hybridized carbons (Fsp3) is 0.696. The Labute approximate surface area is 180 Å². The predicted octanol–water partition coefficient (Wildman–Crippen LogP) is 1.66. The van der Waals surface area contributed by atoms with Gasteiger partial charge in [0.05, 0.1) is 24.0 Å². The van der Waals surface area contributed by atoms with Gasteiger partial charge >= 0.3 is 5.97 Å². The summed E-state index contributed by atoms with van der Waals surface area (Å²) in [7, 11) is 0. The second-order valence-electron chi connectivity index (χ2n) is 10.2. The number of rotatable bonds is 3. The first-order valence-corrected chi connectivity index (χ1v) is 10.8. The fourth-order valence-electron chi connectivity index (χ4n) is 6.89. The molecule has 3 N–H and O–H groups in total. The van der Waals surface area contributed by atoms with E-state index in [9.17, 15) is 24.5 Å². The summed E-state index contributed by atoms with van der Waals surface area (Å²) in [6, 6.07) is 5.50. The number of carbonyl (C=O) groups excluding carboxylic acids is 1. The second-order valence-corrected chi connectivity index (χ2v) is 10.2. The predicted molar refractivity (Wildman–Crippen MR) is 105 cm³/mol. The summed E-state index contributed by atoms with van der Waals surface area (Å²) in [5.41, 5.74) is -4.98. The van der Waals surface area contributed by atoms with Gasteiger partial charge in [0.1, 0.15) is 17.5 Å². The van der Waals surface area contributed by atoms with Crippen LogP contribution in [0.5, 0.6) is 0 Å². The molecule has 4 bridgehead atoms. The number of benzene rings is 1. The minimum atomic E-state index is -1.80. The maximum atomic E-state index is 13.2. The van der Waals surface area contributed by atoms with E-state index < -0.39 is 52.0 Å². The number of aliphatic hydroxyl groups is 3. The highest BCUT2D eigenvalue weighted by Gasteiger charge is 2.86. The van der Waals surface area contributed by atoms with Crippen molar-refractivity contribution >= 4 is 5.97 Å². The van der Waals surface area contributed by atoms with Crippen LogP contribution in [0.15, 0.2) is 24.3 Å². The monoisotopic (exact) mass is 436 g/mol. The van der Waals surface area contributed by atoms with Crippen molar-refractivity contribution in [2.75, 3.05) is 6.61 Å². The van der Waals surface area contributed by atoms with E-state index in [2.05, 4.69) is 0 Å². The third kappa shape index (κ3) is 2.32. The van der Waals surface area contributed by atoms with E-state index in [0.717, 1.165) is 0 Å². The third-order valence-corrected chi connectivity index (χ3v) is 9.01. The van der Waals surface area contributed by atoms with Gasteiger partial charge < -0.3 is 29.5 Å². The molecule has 5 aliphatic rings. The molecule has 8 heteroatoms. The van der Waals surface area contributed by atoms with Gasteiger partial charge in [-0.25, -0.2) is 4.39 Å². The SMILES string of the molecule is C[C@@H]1CC[C@@]2(O)[C@]13C[C@@]1(OC(=O)Cc4ccc(F)cc4)OC(OC[C@@]2(C)[C@@]1(C)O)[C@@H]3O. The van der Waals surface area contributed by atoms with Crippen LogP contribution in [-0.4, -0.2) is 57.3 Å². The van der Waals surface area contributed by atoms with Crippen molar-refractivity contribution < 1.29 is 38.7 Å². The van der Waals surface area contributed by atoms with E-state index in [1.165, 1.54) is 31.2 Å². The molecule has 31 heavy (non-hydrogen) atoms. The van der Waals surface area contributed by atoms with Gasteiger partial charge in [-0.2, -0.15) is 0 Å². The summed E-state index contributed by atoms with van der Waals surface area (Å²) >= 11 is 0. The molecule has 1 unspecified atom stereocenters. The van der Waals surface area contributed by atoms with Crippen molar-refractivity contribution in [1.82, 2.24) is 0 Å². The zero-order valence-electron chi connectivity index (χ0n) is 17.9. The molecule has 1 aromatic rings. The number of esters is 1. The molecule has 0 aromatic heterocycles. The van der Waals surface area contributed by atoms with Crippen LogP contribution < -0.4 is 0 Å². The highest BCUT2D eigenvalue weighted by molar-refractivity contribution is 5.73. The molecule has 0 amide bonds. The fourth-order valence-corrected chi connectivity index (χ4v) is 6.89. The lowest BCUT2D eigenvalue weighted by Gasteiger charge is -2.69. The lowest BCUT2D eigenvalue weighted by Crippen LogP contribution is -2.83. The van der Waals surface area contributed by atoms with Gasteiger partial charge in [-0.1, -0.05) is 26.0 Å². The van der Waals surface area contributed by atoms with Crippen LogP contribution in [0.2, 0.25) is 0 Å². The lowest BCUT2D eigenvalue weighted by molar-refractivity contribution is -0.447. The van der Waals surface area contributed by atoms with Crippen molar-refractivity contribution in [3.05, 3.63) is 35.6 Å². The van der Waals surface area contributed by atoms with Crippen LogP contribution in [0.4, 0.5) is 4.39 Å². The molecular formula is C23H29FO7. The zero-order valence-corrected chi connectivity index (χ0v) is 17.9. The summed E-state index contributed by atoms with van der Waals surface area (Å²) in [6.07, 6.45) is -1.40. The van der Waals surface area contributed by atoms with E-state index in [1.807, 2.05) is 6.92 Å². The second kappa shape index (κ2) is 6.26. The van der Waals surface area contributed by atoms with Gasteiger partial charge in [0.15, 0.2) is 6.29 Å². The summed E-state index contributed by atoms with van der Waals surface area (Å²) in [4.78, 5) is 12.9. The maximum absolute atomic E-state index is 13.2. The number of hydrogen-bond acceptors (Lipinski definition) is 7. The van der Waals surface area contributed by atoms with Crippen LogP contribution in [0.25, 0.3) is 0 Å². The van der Waals surface area contributed by atoms with Crippen molar-refractivity contribution in [2.24, 2.45) is 16.7 Å². The summed E-state index contributed by atoms with van der Waals surface area (Å²) in [5, 5.41) is 35.1. The minimum Gasteiger partial charge on any atom is -0.429 e. The van der Waals surface area contributed by atoms with Gasteiger partial charge in [-0.15, -0.1) is 0 Å². The van der Waals surface area contributed by atoms with Crippen LogP contribution in [0.3, 0.4) is 0 Å². The smallest absolute Gasteiger partial charge is 0.312 e. The van der Waals surface area contributed by atoms with Crippen LogP contribution in [0.1, 0.15) is 45.6 Å². The summed E-state index contributed by atoms with van der Waals surface area (Å²) in [5.74, 6) is -2.97. The minimum absolute atomic E-state index is 0.0452. The summed E-state index contributed by atoms with van der Waals surface area (Å²) < 4.78 is 30.9. The molecule has 1 spiro atoms. The van der Waals surface area contributed by atoms with Gasteiger partial charge in [-0.05, 0) is 43.4 Å². The average molecular weight is 436 g/mol. The van der Waals surface area contributed by atoms with E-state index in [4.69, 9.17) is 14.2 Å². The Morgan fingerprint density at radius 3 is 2.61 bits per heavy atom. The topological polar surface area (TPSA) is 105 Å². The third-order valence-electron chi connectivity index (χ3n) is 9.01. The molecule has 170 valence electrons. The van der Waals surface area contributed by atoms with Crippen molar-refractivity contribution in [3.63, 3.8) is 0 Å². The number of fused-ring (bicyclic) bond motifs is 1. The van der Waals surface area contributed by atoms with E-state index >= 15 is 0 Å². The molecule has 3 aliphatic heterocycles. The highest BCUT2D eigenvalue weighted by atomic mass is 19.1. The quantitative estimate of drug-likeness (QED) is 0.619. The van der Waals surface area contributed by atoms with Crippen molar-refractivity contribution in [1.29, 1.82) is 0 Å². The highest BCUT2D eigenvalue weighted by Crippen LogP contribution is 2.74. The molecule has 1 aromatic carbocycles. The van der Waals surface area contributed by atoms with E-state index in [1.54, 1.807) is 6.92 Å². The van der Waals surface area contributed by atoms with E-state index in [-0.39, 0.29) is 25.4 Å². The zero-order chi connectivity index (χ0) is 22.4. The van der Waals surface area contributed by atoms with Crippen molar-refractivity contribution in [2.45, 2.75) is 75.8 Å². The first-order chi connectivity index (χ1) is 14.4. The maximum Gasteiger partial charge on any atom is 0.312 e. The Balaban J connectivity index is 1.57. The number of ether oxygens (including phenoxy) is 3. The van der Waals surface area contributed by atoms with Gasteiger partial charge in [-0.3, -0.25) is 4.79 Å². The molecular weight excluding hydrogens is 407 g/mol. The molecule has 6 rings (SSSR count). The number of hydrogen-bond donors (Lipinski definition) is 3. The van der Waals surface area contributed by atoms with Crippen LogP contribution >= 0.6 is 0 Å². The number of aliphatic hydroxyl groups excluding tert-OH is 1. The molecule has 3 saturated heterocycles. The van der Waals surface area contributed by atoms with Crippen molar-refractivity contribution in [3.8, 4) is 0 Å². The van der Waals surface area contributed by atoms with E-state index in [0.29, 0.717) is 18.4 Å². The Bertz CT molecular complexity index is 919. The number of halogens is 1. The molecule has 8 atom stereocenters.